The van der Waals surface area contributed by atoms with E-state index in [0.717, 1.165) is 0 Å². The maximum absolute atomic E-state index is 5.09. The predicted octanol–water partition coefficient (Wildman–Crippen LogP) is 4.75. The van der Waals surface area contributed by atoms with E-state index in [-0.39, 0.29) is 0 Å². The quantitative estimate of drug-likeness (QED) is 0.524. The van der Waals surface area contributed by atoms with Crippen LogP contribution in [0.3, 0.4) is 0 Å². The van der Waals surface area contributed by atoms with Crippen molar-refractivity contribution in [3.8, 4) is 0 Å². The molecule has 88 valence electrons. The van der Waals surface area contributed by atoms with Gasteiger partial charge in [0.05, 0.1) is 0 Å². The van der Waals surface area contributed by atoms with Gasteiger partial charge in [-0.2, -0.15) is 0 Å². The van der Waals surface area contributed by atoms with Crippen LogP contribution in [0.2, 0.25) is 23.3 Å². The fourth-order valence-corrected chi connectivity index (χ4v) is 6.69. The van der Waals surface area contributed by atoms with E-state index < -0.39 is 9.61 Å². The van der Waals surface area contributed by atoms with Gasteiger partial charge in [-0.15, -0.1) is 0 Å². The van der Waals surface area contributed by atoms with Gasteiger partial charge in [-0.25, -0.2) is 0 Å². The Balaban J connectivity index is 2.60. The molecule has 0 atom stereocenters. The Morgan fingerprint density at radius 1 is 0.875 bits per heavy atom. The van der Waals surface area contributed by atoms with Crippen molar-refractivity contribution < 1.29 is 0 Å². The summed E-state index contributed by atoms with van der Waals surface area (Å²) >= 11 is 5.09. The van der Waals surface area contributed by atoms with Crippen molar-refractivity contribution in [2.45, 2.75) is 23.3 Å². The molecule has 0 bridgehead atoms. The first-order valence-electron chi connectivity index (χ1n) is 5.34. The molecule has 0 unspecified atom stereocenters. The van der Waals surface area contributed by atoms with Crippen molar-refractivity contribution in [2.24, 2.45) is 0 Å². The van der Waals surface area contributed by atoms with Crippen LogP contribution in [-0.4, -0.2) is 9.61 Å². The normalized spacial score (nSPS) is 23.7. The van der Waals surface area contributed by atoms with Gasteiger partial charge in [-0.1, -0.05) is 0 Å². The van der Waals surface area contributed by atoms with Crippen LogP contribution in [0.1, 0.15) is 0 Å². The summed E-state index contributed by atoms with van der Waals surface area (Å²) in [6.45, 7) is 0. The Morgan fingerprint density at radius 3 is 1.94 bits per heavy atom. The van der Waals surface area contributed by atoms with Gasteiger partial charge in [0.25, 0.3) is 0 Å². The molecule has 2 aliphatic carbocycles. The van der Waals surface area contributed by atoms with Gasteiger partial charge in [0.1, 0.15) is 0 Å². The molecule has 0 aromatic carbocycles. The van der Waals surface area contributed by atoms with Crippen LogP contribution in [0.15, 0.2) is 58.1 Å². The van der Waals surface area contributed by atoms with Crippen LogP contribution in [0, 0.1) is 0 Å². The summed E-state index contributed by atoms with van der Waals surface area (Å²) in [5.74, 6) is 9.32. The first-order chi connectivity index (χ1) is 7.08. The van der Waals surface area contributed by atoms with Gasteiger partial charge in [0.15, 0.2) is 0 Å². The average molecular weight is 299 g/mol. The number of hydrogen-bond donors (Lipinski definition) is 1. The first-order valence-corrected chi connectivity index (χ1v) is 15.7. The third-order valence-electron chi connectivity index (χ3n) is 2.73. The number of allylic oxidation sites excluding steroid dienone is 10. The molecular weight excluding hydrogens is 279 g/mol. The molecule has 0 amide bonds. The second kappa shape index (κ2) is 2.87. The Kier molecular flexibility index (Phi) is 2.16. The molecule has 0 aliphatic heterocycles. The van der Waals surface area contributed by atoms with Gasteiger partial charge in [0, 0.05) is 0 Å². The molecule has 0 saturated carbocycles. The Morgan fingerprint density at radius 2 is 1.44 bits per heavy atom. The molecule has 0 heterocycles. The van der Waals surface area contributed by atoms with E-state index in [1.807, 2.05) is 0 Å². The molecule has 0 saturated heterocycles. The van der Waals surface area contributed by atoms with Gasteiger partial charge in [-0.05, 0) is 0 Å². The van der Waals surface area contributed by atoms with Gasteiger partial charge in [-0.3, -0.25) is 0 Å². The molecule has 0 aromatic rings. The van der Waals surface area contributed by atoms with E-state index >= 15 is 0 Å². The summed E-state index contributed by atoms with van der Waals surface area (Å²) in [4.78, 5) is 0. The zero-order valence-corrected chi connectivity index (χ0v) is 13.0. The SMILES string of the molecule is C[Se](C)(C)(C)(S)C1=CC=CC1=C1C=CC=C1. The summed E-state index contributed by atoms with van der Waals surface area (Å²) in [5, 5.41) is 0. The average Bonchev–Trinajstić information content (AvgIpc) is 2.70. The molecule has 0 spiro atoms. The van der Waals surface area contributed by atoms with E-state index in [1.54, 1.807) is 0 Å². The number of rotatable bonds is 1. The molecule has 16 heavy (non-hydrogen) atoms. The Bertz CT molecular complexity index is 476. The maximum atomic E-state index is 5.09. The van der Waals surface area contributed by atoms with Crippen molar-refractivity contribution in [1.82, 2.24) is 0 Å². The second-order valence-electron chi connectivity index (χ2n) is 6.56. The predicted molar refractivity (Wildman–Crippen MR) is 80.7 cm³/mol. The van der Waals surface area contributed by atoms with Crippen molar-refractivity contribution in [3.63, 3.8) is 0 Å². The molecule has 0 aromatic heterocycles. The van der Waals surface area contributed by atoms with Gasteiger partial charge < -0.3 is 0 Å². The zero-order valence-electron chi connectivity index (χ0n) is 10.4. The van der Waals surface area contributed by atoms with Crippen molar-refractivity contribution in [1.29, 1.82) is 0 Å². The Hall–Kier alpha value is -0.431. The van der Waals surface area contributed by atoms with E-state index in [9.17, 15) is 0 Å². The third-order valence-corrected chi connectivity index (χ3v) is 8.60. The van der Waals surface area contributed by atoms with Crippen LogP contribution in [0.25, 0.3) is 0 Å². The molecule has 0 N–H and O–H groups in total. The monoisotopic (exact) mass is 300 g/mol. The number of hydrogen-bond acceptors (Lipinski definition) is 1. The molecule has 2 rings (SSSR count). The summed E-state index contributed by atoms with van der Waals surface area (Å²) in [7, 11) is -2.99. The van der Waals surface area contributed by atoms with E-state index in [2.05, 4.69) is 65.8 Å². The number of thiol groups is 1. The van der Waals surface area contributed by atoms with Crippen LogP contribution in [0.4, 0.5) is 0 Å². The fraction of sp³-hybridized carbons (Fsp3) is 0.286. The van der Waals surface area contributed by atoms with Crippen molar-refractivity contribution in [3.05, 3.63) is 58.1 Å². The van der Waals surface area contributed by atoms with E-state index in [0.29, 0.717) is 0 Å². The van der Waals surface area contributed by atoms with Crippen LogP contribution < -0.4 is 0 Å². The standard InChI is InChI=1S/C14H20SSe/c1-16(2,3,4,15)14-11-7-10-13(14)12-8-5-6-9-12/h5-11,15H,1-4H3. The summed E-state index contributed by atoms with van der Waals surface area (Å²) in [6.07, 6.45) is 15.1. The first kappa shape index (κ1) is 12.0. The van der Waals surface area contributed by atoms with Crippen LogP contribution in [0.5, 0.6) is 0 Å². The van der Waals surface area contributed by atoms with Gasteiger partial charge in [0.2, 0.25) is 0 Å². The fourth-order valence-electron chi connectivity index (χ4n) is 1.99. The molecule has 2 aliphatic rings. The minimum absolute atomic E-state index is 1.31. The van der Waals surface area contributed by atoms with Gasteiger partial charge >= 0.3 is 102 Å². The summed E-state index contributed by atoms with van der Waals surface area (Å²) in [6, 6.07) is 0. The van der Waals surface area contributed by atoms with Crippen LogP contribution in [-0.2, 0) is 0 Å². The second-order valence-corrected chi connectivity index (χ2v) is 33.2. The van der Waals surface area contributed by atoms with E-state index in [4.69, 9.17) is 11.0 Å². The molecule has 0 radical (unpaired) electrons. The molecule has 0 nitrogen and oxygen atoms in total. The minimum atomic E-state index is -2.99. The zero-order chi connectivity index (χ0) is 12.1. The Labute approximate surface area is 102 Å². The molecule has 0 fully saturated rings. The topological polar surface area (TPSA) is 0 Å². The third kappa shape index (κ3) is 2.29. The van der Waals surface area contributed by atoms with Crippen molar-refractivity contribution >= 4 is 20.7 Å². The van der Waals surface area contributed by atoms with Crippen LogP contribution >= 0.6 is 11.0 Å². The summed E-state index contributed by atoms with van der Waals surface area (Å²) < 4.78 is 1.43. The summed E-state index contributed by atoms with van der Waals surface area (Å²) in [5.41, 5.74) is 2.66. The molecule has 2 heteroatoms. The molecular formula is C14H20SSe. The van der Waals surface area contributed by atoms with Crippen molar-refractivity contribution in [2.75, 3.05) is 0 Å². The van der Waals surface area contributed by atoms with E-state index in [1.165, 1.54) is 15.6 Å².